The van der Waals surface area contributed by atoms with Gasteiger partial charge in [0.25, 0.3) is 5.91 Å². The minimum absolute atomic E-state index is 0.140. The molecule has 0 radical (unpaired) electrons. The molecular weight excluding hydrogens is 378 g/mol. The van der Waals surface area contributed by atoms with E-state index in [9.17, 15) is 4.79 Å². The number of carbonyl (C=O) groups is 1. The van der Waals surface area contributed by atoms with Crippen molar-refractivity contribution in [1.29, 1.82) is 0 Å². The van der Waals surface area contributed by atoms with E-state index in [1.807, 2.05) is 68.4 Å². The lowest BCUT2D eigenvalue weighted by atomic mass is 10.1. The molecule has 126 valence electrons. The Labute approximate surface area is 155 Å². The third-order valence-corrected chi connectivity index (χ3v) is 4.44. The average Bonchev–Trinajstić information content (AvgIpc) is 2.61. The van der Waals surface area contributed by atoms with Gasteiger partial charge in [-0.2, -0.15) is 0 Å². The summed E-state index contributed by atoms with van der Waals surface area (Å²) in [6.45, 7) is 4.02. The quantitative estimate of drug-likeness (QED) is 0.616. The third kappa shape index (κ3) is 4.45. The third-order valence-electron chi connectivity index (χ3n) is 3.91. The van der Waals surface area contributed by atoms with E-state index in [2.05, 4.69) is 31.5 Å². The van der Waals surface area contributed by atoms with Crippen LogP contribution in [0, 0.1) is 13.8 Å². The second-order valence-electron chi connectivity index (χ2n) is 5.82. The van der Waals surface area contributed by atoms with Crippen molar-refractivity contribution in [1.82, 2.24) is 4.98 Å². The van der Waals surface area contributed by atoms with Gasteiger partial charge in [-0.1, -0.05) is 22.0 Å². The Morgan fingerprint density at radius 2 is 1.64 bits per heavy atom. The molecule has 2 aromatic carbocycles. The first kappa shape index (κ1) is 17.2. The summed E-state index contributed by atoms with van der Waals surface area (Å²) in [6.07, 6.45) is 1.64. The van der Waals surface area contributed by atoms with E-state index in [0.29, 0.717) is 17.1 Å². The smallest absolute Gasteiger partial charge is 0.255 e. The number of aryl methyl sites for hydroxylation is 2. The Morgan fingerprint density at radius 3 is 2.28 bits per heavy atom. The molecule has 0 atom stereocenters. The molecule has 0 bridgehead atoms. The zero-order valence-corrected chi connectivity index (χ0v) is 15.6. The second kappa shape index (κ2) is 7.49. The summed E-state index contributed by atoms with van der Waals surface area (Å²) in [6, 6.07) is 17.2. The fourth-order valence-electron chi connectivity index (χ4n) is 2.31. The van der Waals surface area contributed by atoms with Crippen molar-refractivity contribution in [2.24, 2.45) is 0 Å². The van der Waals surface area contributed by atoms with Crippen LogP contribution in [0.3, 0.4) is 0 Å². The Hall–Kier alpha value is -2.66. The van der Waals surface area contributed by atoms with Crippen LogP contribution in [0.25, 0.3) is 0 Å². The molecule has 1 aromatic heterocycles. The van der Waals surface area contributed by atoms with Crippen LogP contribution >= 0.6 is 15.9 Å². The van der Waals surface area contributed by atoms with Crippen LogP contribution in [0.15, 0.2) is 65.3 Å². The molecule has 3 aromatic rings. The van der Waals surface area contributed by atoms with Gasteiger partial charge >= 0.3 is 0 Å². The van der Waals surface area contributed by atoms with E-state index in [4.69, 9.17) is 0 Å². The lowest BCUT2D eigenvalue weighted by Crippen LogP contribution is -2.12. The number of nitrogens with one attached hydrogen (secondary N) is 2. The first-order valence-corrected chi connectivity index (χ1v) is 8.68. The predicted molar refractivity (Wildman–Crippen MR) is 106 cm³/mol. The number of benzene rings is 2. The normalized spacial score (nSPS) is 10.4. The monoisotopic (exact) mass is 395 g/mol. The summed E-state index contributed by atoms with van der Waals surface area (Å²) in [5.74, 6) is 0.574. The number of anilines is 3. The van der Waals surface area contributed by atoms with Crippen LogP contribution in [0.5, 0.6) is 0 Å². The molecule has 0 aliphatic carbocycles. The van der Waals surface area contributed by atoms with E-state index in [-0.39, 0.29) is 5.91 Å². The molecule has 0 unspecified atom stereocenters. The number of amides is 1. The van der Waals surface area contributed by atoms with Crippen molar-refractivity contribution in [3.05, 3.63) is 82.0 Å². The van der Waals surface area contributed by atoms with E-state index in [1.54, 1.807) is 6.20 Å². The molecule has 25 heavy (non-hydrogen) atoms. The zero-order valence-electron chi connectivity index (χ0n) is 14.0. The van der Waals surface area contributed by atoms with Crippen LogP contribution in [0.1, 0.15) is 21.5 Å². The van der Waals surface area contributed by atoms with Gasteiger partial charge in [0.05, 0.1) is 11.9 Å². The highest BCUT2D eigenvalue weighted by Crippen LogP contribution is 2.19. The minimum atomic E-state index is -0.140. The minimum Gasteiger partial charge on any atom is -0.340 e. The fraction of sp³-hybridized carbons (Fsp3) is 0.100. The molecule has 1 heterocycles. The molecule has 5 heteroatoms. The highest BCUT2D eigenvalue weighted by molar-refractivity contribution is 9.10. The van der Waals surface area contributed by atoms with E-state index in [1.165, 1.54) is 5.56 Å². The number of carbonyl (C=O) groups excluding carboxylic acids is 1. The maximum absolute atomic E-state index is 12.3. The van der Waals surface area contributed by atoms with Crippen molar-refractivity contribution in [3.8, 4) is 0 Å². The van der Waals surface area contributed by atoms with Gasteiger partial charge in [0.2, 0.25) is 0 Å². The van der Waals surface area contributed by atoms with Crippen molar-refractivity contribution in [3.63, 3.8) is 0 Å². The number of nitrogens with zero attached hydrogens (tertiary/aromatic N) is 1. The average molecular weight is 396 g/mol. The first-order valence-electron chi connectivity index (χ1n) is 7.88. The fourth-order valence-corrected chi connectivity index (χ4v) is 2.57. The van der Waals surface area contributed by atoms with Crippen molar-refractivity contribution >= 4 is 39.0 Å². The summed E-state index contributed by atoms with van der Waals surface area (Å²) in [7, 11) is 0. The van der Waals surface area contributed by atoms with E-state index in [0.717, 1.165) is 15.7 Å². The maximum Gasteiger partial charge on any atom is 0.255 e. The van der Waals surface area contributed by atoms with Gasteiger partial charge in [-0.05, 0) is 73.5 Å². The molecule has 0 aliphatic rings. The number of aromatic nitrogens is 1. The number of hydrogen-bond acceptors (Lipinski definition) is 3. The maximum atomic E-state index is 12.3. The van der Waals surface area contributed by atoms with Gasteiger partial charge in [-0.3, -0.25) is 4.79 Å². The highest BCUT2D eigenvalue weighted by atomic mass is 79.9. The summed E-state index contributed by atoms with van der Waals surface area (Å²) in [4.78, 5) is 16.7. The van der Waals surface area contributed by atoms with Gasteiger partial charge in [0.1, 0.15) is 5.82 Å². The lowest BCUT2D eigenvalue weighted by Gasteiger charge is -2.09. The largest absolute Gasteiger partial charge is 0.340 e. The lowest BCUT2D eigenvalue weighted by molar-refractivity contribution is 0.102. The Morgan fingerprint density at radius 1 is 0.920 bits per heavy atom. The standard InChI is InChI=1S/C20H18BrN3O/c1-13-3-4-15(11-14(13)2)20(25)24-18-9-10-19(22-12-18)23-17-7-5-16(21)6-8-17/h3-12H,1-2H3,(H,22,23)(H,24,25). The van der Waals surface area contributed by atoms with Gasteiger partial charge in [-0.15, -0.1) is 0 Å². The summed E-state index contributed by atoms with van der Waals surface area (Å²) >= 11 is 3.41. The van der Waals surface area contributed by atoms with Crippen LogP contribution in [0.2, 0.25) is 0 Å². The SMILES string of the molecule is Cc1ccc(C(=O)Nc2ccc(Nc3ccc(Br)cc3)nc2)cc1C. The first-order chi connectivity index (χ1) is 12.0. The van der Waals surface area contributed by atoms with Crippen molar-refractivity contribution < 1.29 is 4.79 Å². The van der Waals surface area contributed by atoms with Crippen LogP contribution < -0.4 is 10.6 Å². The zero-order chi connectivity index (χ0) is 17.8. The number of pyridine rings is 1. The Kier molecular flexibility index (Phi) is 5.14. The predicted octanol–water partition coefficient (Wildman–Crippen LogP) is 5.46. The molecule has 0 spiro atoms. The molecule has 0 saturated carbocycles. The summed E-state index contributed by atoms with van der Waals surface area (Å²) in [5, 5.41) is 6.08. The molecule has 2 N–H and O–H groups in total. The molecule has 1 amide bonds. The number of rotatable bonds is 4. The number of hydrogen-bond donors (Lipinski definition) is 2. The molecule has 4 nitrogen and oxygen atoms in total. The van der Waals surface area contributed by atoms with Crippen molar-refractivity contribution in [2.75, 3.05) is 10.6 Å². The van der Waals surface area contributed by atoms with E-state index >= 15 is 0 Å². The second-order valence-corrected chi connectivity index (χ2v) is 6.73. The Bertz CT molecular complexity index is 890. The van der Waals surface area contributed by atoms with Gasteiger partial charge < -0.3 is 10.6 Å². The van der Waals surface area contributed by atoms with Gasteiger partial charge in [0.15, 0.2) is 0 Å². The molecule has 3 rings (SSSR count). The number of halogens is 1. The van der Waals surface area contributed by atoms with Gasteiger partial charge in [0, 0.05) is 15.7 Å². The summed E-state index contributed by atoms with van der Waals surface area (Å²) < 4.78 is 1.02. The molecule has 0 fully saturated rings. The Balaban J connectivity index is 1.66. The summed E-state index contributed by atoms with van der Waals surface area (Å²) in [5.41, 5.74) is 4.51. The van der Waals surface area contributed by atoms with Crippen LogP contribution in [-0.2, 0) is 0 Å². The van der Waals surface area contributed by atoms with E-state index < -0.39 is 0 Å². The van der Waals surface area contributed by atoms with Crippen LogP contribution in [0.4, 0.5) is 17.2 Å². The molecular formula is C20H18BrN3O. The van der Waals surface area contributed by atoms with Gasteiger partial charge in [-0.25, -0.2) is 4.98 Å². The molecule has 0 aliphatic heterocycles. The highest BCUT2D eigenvalue weighted by Gasteiger charge is 2.07. The molecule has 0 saturated heterocycles. The van der Waals surface area contributed by atoms with Crippen molar-refractivity contribution in [2.45, 2.75) is 13.8 Å². The van der Waals surface area contributed by atoms with Crippen LogP contribution in [-0.4, -0.2) is 10.9 Å². The topological polar surface area (TPSA) is 54.0 Å².